The van der Waals surface area contributed by atoms with Gasteiger partial charge in [-0.05, 0) is 30.1 Å². The van der Waals surface area contributed by atoms with Crippen LogP contribution in [0.1, 0.15) is 39.2 Å². The molecule has 1 saturated heterocycles. The third-order valence-electron chi connectivity index (χ3n) is 5.84. The Bertz CT molecular complexity index is 759. The third-order valence-corrected chi connectivity index (χ3v) is 10.4. The smallest absolute Gasteiger partial charge is 0.416 e. The van der Waals surface area contributed by atoms with E-state index < -0.39 is 32.4 Å². The molecule has 0 spiro atoms. The lowest BCUT2D eigenvalue weighted by molar-refractivity contribution is -0.143. The predicted octanol–water partition coefficient (Wildman–Crippen LogP) is 3.92. The van der Waals surface area contributed by atoms with Crippen LogP contribution in [-0.4, -0.2) is 57.0 Å². The molecule has 0 aliphatic carbocycles. The fourth-order valence-electron chi connectivity index (χ4n) is 3.11. The van der Waals surface area contributed by atoms with Crippen molar-refractivity contribution in [3.8, 4) is 0 Å². The van der Waals surface area contributed by atoms with E-state index in [9.17, 15) is 14.4 Å². The zero-order valence-electron chi connectivity index (χ0n) is 18.8. The van der Waals surface area contributed by atoms with Crippen LogP contribution >= 0.6 is 0 Å². The van der Waals surface area contributed by atoms with Crippen LogP contribution in [0.4, 0.5) is 4.79 Å². The van der Waals surface area contributed by atoms with Gasteiger partial charge >= 0.3 is 12.1 Å². The predicted molar refractivity (Wildman–Crippen MR) is 115 cm³/mol. The Morgan fingerprint density at radius 3 is 2.40 bits per heavy atom. The second-order valence-electron chi connectivity index (χ2n) is 9.17. The van der Waals surface area contributed by atoms with E-state index in [1.54, 1.807) is 0 Å². The third kappa shape index (κ3) is 6.15. The van der Waals surface area contributed by atoms with Crippen LogP contribution in [0, 0.1) is 0 Å². The van der Waals surface area contributed by atoms with Crippen molar-refractivity contribution in [3.05, 3.63) is 35.9 Å². The number of ether oxygens (including phenoxy) is 2. The molecule has 1 aromatic rings. The first-order valence-corrected chi connectivity index (χ1v) is 13.1. The standard InChI is InChI=1S/C22H33NO6Si/c1-22(2,3)30(5,6)29-18(14-20(25)27-4)13-19(24)23-17(15-28-21(23)26)12-16-10-8-7-9-11-16/h7-11,17-18H,12-15H2,1-6H3/t17-,18+/m0/s1. The van der Waals surface area contributed by atoms with Gasteiger partial charge in [-0.25, -0.2) is 9.69 Å². The average Bonchev–Trinajstić information content (AvgIpc) is 3.01. The van der Waals surface area contributed by atoms with Gasteiger partial charge in [-0.1, -0.05) is 51.1 Å². The Morgan fingerprint density at radius 2 is 1.83 bits per heavy atom. The first-order valence-electron chi connectivity index (χ1n) is 10.2. The van der Waals surface area contributed by atoms with Gasteiger partial charge in [0.05, 0.1) is 32.1 Å². The van der Waals surface area contributed by atoms with Crippen molar-refractivity contribution in [2.24, 2.45) is 0 Å². The quantitative estimate of drug-likeness (QED) is 0.455. The molecular weight excluding hydrogens is 402 g/mol. The average molecular weight is 436 g/mol. The lowest BCUT2D eigenvalue weighted by atomic mass is 10.1. The minimum atomic E-state index is -2.24. The molecule has 2 atom stereocenters. The van der Waals surface area contributed by atoms with Crippen molar-refractivity contribution >= 4 is 26.3 Å². The second kappa shape index (κ2) is 9.74. The molecule has 7 nitrogen and oxygen atoms in total. The molecule has 1 aliphatic heterocycles. The number of methoxy groups -OCH3 is 1. The molecular formula is C22H33NO6Si. The van der Waals surface area contributed by atoms with Crippen molar-refractivity contribution < 1.29 is 28.3 Å². The summed E-state index contributed by atoms with van der Waals surface area (Å²) < 4.78 is 16.3. The number of rotatable bonds is 8. The summed E-state index contributed by atoms with van der Waals surface area (Å²) in [5.41, 5.74) is 1.02. The molecule has 0 bridgehead atoms. The summed E-state index contributed by atoms with van der Waals surface area (Å²) in [6.45, 7) is 10.5. The monoisotopic (exact) mass is 435 g/mol. The summed E-state index contributed by atoms with van der Waals surface area (Å²) in [4.78, 5) is 38.5. The molecule has 0 saturated carbocycles. The van der Waals surface area contributed by atoms with E-state index in [-0.39, 0.29) is 30.5 Å². The Labute approximate surface area is 179 Å². The summed E-state index contributed by atoms with van der Waals surface area (Å²) >= 11 is 0. The first-order chi connectivity index (χ1) is 13.9. The highest BCUT2D eigenvalue weighted by molar-refractivity contribution is 6.74. The summed E-state index contributed by atoms with van der Waals surface area (Å²) in [7, 11) is -0.937. The van der Waals surface area contributed by atoms with Crippen LogP contribution in [0.3, 0.4) is 0 Å². The van der Waals surface area contributed by atoms with E-state index >= 15 is 0 Å². The van der Waals surface area contributed by atoms with Crippen molar-refractivity contribution in [1.82, 2.24) is 4.90 Å². The maximum Gasteiger partial charge on any atom is 0.416 e. The molecule has 2 amide bonds. The zero-order valence-corrected chi connectivity index (χ0v) is 19.8. The van der Waals surface area contributed by atoms with E-state index in [0.717, 1.165) is 5.56 Å². The van der Waals surface area contributed by atoms with Crippen molar-refractivity contribution in [3.63, 3.8) is 0 Å². The lowest BCUT2D eigenvalue weighted by Gasteiger charge is -2.39. The SMILES string of the molecule is COC(=O)C[C@@H](CC(=O)N1C(=O)OC[C@@H]1Cc1ccccc1)O[Si](C)(C)C(C)(C)C. The van der Waals surface area contributed by atoms with Gasteiger partial charge in [-0.2, -0.15) is 0 Å². The molecule has 0 radical (unpaired) electrons. The summed E-state index contributed by atoms with van der Waals surface area (Å²) in [6, 6.07) is 9.27. The molecule has 1 aromatic carbocycles. The molecule has 0 N–H and O–H groups in total. The Balaban J connectivity index is 2.15. The zero-order chi connectivity index (χ0) is 22.5. The summed E-state index contributed by atoms with van der Waals surface area (Å²) in [5, 5.41) is -0.0904. The molecule has 2 rings (SSSR count). The number of hydrogen-bond acceptors (Lipinski definition) is 6. The highest BCUT2D eigenvalue weighted by Gasteiger charge is 2.42. The minimum absolute atomic E-state index is 0.0407. The van der Waals surface area contributed by atoms with E-state index in [0.29, 0.717) is 6.42 Å². The number of benzene rings is 1. The number of esters is 1. The normalized spacial score (nSPS) is 18.1. The molecule has 166 valence electrons. The Hall–Kier alpha value is -2.19. The van der Waals surface area contributed by atoms with Gasteiger partial charge in [-0.3, -0.25) is 9.59 Å². The van der Waals surface area contributed by atoms with Crippen LogP contribution in [0.2, 0.25) is 18.1 Å². The number of amides is 2. The number of imide groups is 1. The maximum absolute atomic E-state index is 13.1. The Kier molecular flexibility index (Phi) is 7.82. The van der Waals surface area contributed by atoms with Crippen molar-refractivity contribution in [2.45, 2.75) is 70.3 Å². The highest BCUT2D eigenvalue weighted by atomic mass is 28.4. The number of nitrogens with zero attached hydrogens (tertiary/aromatic N) is 1. The van der Waals surface area contributed by atoms with E-state index in [2.05, 4.69) is 33.9 Å². The second-order valence-corrected chi connectivity index (χ2v) is 13.9. The van der Waals surface area contributed by atoms with Crippen molar-refractivity contribution in [2.75, 3.05) is 13.7 Å². The van der Waals surface area contributed by atoms with Gasteiger partial charge in [0, 0.05) is 0 Å². The number of carbonyl (C=O) groups excluding carboxylic acids is 3. The summed E-state index contributed by atoms with van der Waals surface area (Å²) in [5.74, 6) is -0.845. The molecule has 0 aromatic heterocycles. The van der Waals surface area contributed by atoms with Gasteiger partial charge in [0.25, 0.3) is 0 Å². The van der Waals surface area contributed by atoms with E-state index in [4.69, 9.17) is 13.9 Å². The fraction of sp³-hybridized carbons (Fsp3) is 0.591. The van der Waals surface area contributed by atoms with Crippen molar-refractivity contribution in [1.29, 1.82) is 0 Å². The lowest BCUT2D eigenvalue weighted by Crippen LogP contribution is -2.47. The van der Waals surface area contributed by atoms with Gasteiger partial charge in [0.2, 0.25) is 5.91 Å². The number of cyclic esters (lactones) is 1. The highest BCUT2D eigenvalue weighted by Crippen LogP contribution is 2.38. The van der Waals surface area contributed by atoms with Crippen LogP contribution in [-0.2, 0) is 29.9 Å². The van der Waals surface area contributed by atoms with E-state index in [1.807, 2.05) is 30.3 Å². The largest absolute Gasteiger partial charge is 0.469 e. The van der Waals surface area contributed by atoms with Crippen LogP contribution in [0.25, 0.3) is 0 Å². The molecule has 0 unspecified atom stereocenters. The number of hydrogen-bond donors (Lipinski definition) is 0. The van der Waals surface area contributed by atoms with Crippen LogP contribution in [0.5, 0.6) is 0 Å². The molecule has 1 heterocycles. The summed E-state index contributed by atoms with van der Waals surface area (Å²) in [6.07, 6.45) is -0.909. The molecule has 30 heavy (non-hydrogen) atoms. The van der Waals surface area contributed by atoms with E-state index in [1.165, 1.54) is 12.0 Å². The van der Waals surface area contributed by atoms with Gasteiger partial charge in [0.15, 0.2) is 8.32 Å². The van der Waals surface area contributed by atoms with Gasteiger partial charge in [-0.15, -0.1) is 0 Å². The topological polar surface area (TPSA) is 82.1 Å². The first kappa shape index (κ1) is 24.1. The fourth-order valence-corrected chi connectivity index (χ4v) is 4.47. The Morgan fingerprint density at radius 1 is 1.20 bits per heavy atom. The molecule has 1 aliphatic rings. The van der Waals surface area contributed by atoms with Gasteiger partial charge < -0.3 is 13.9 Å². The van der Waals surface area contributed by atoms with Crippen LogP contribution < -0.4 is 0 Å². The van der Waals surface area contributed by atoms with Crippen LogP contribution in [0.15, 0.2) is 30.3 Å². The molecule has 8 heteroatoms. The maximum atomic E-state index is 13.1. The van der Waals surface area contributed by atoms with Gasteiger partial charge in [0.1, 0.15) is 6.61 Å². The number of carbonyl (C=O) groups is 3. The molecule has 1 fully saturated rings. The minimum Gasteiger partial charge on any atom is -0.469 e.